The lowest BCUT2D eigenvalue weighted by Crippen LogP contribution is -2.69. The monoisotopic (exact) mass is 560 g/mol. The summed E-state index contributed by atoms with van der Waals surface area (Å²) in [6.07, 6.45) is 4.17. The van der Waals surface area contributed by atoms with Crippen LogP contribution in [0.15, 0.2) is 108 Å². The summed E-state index contributed by atoms with van der Waals surface area (Å²) in [5.74, 6) is 2.21. The van der Waals surface area contributed by atoms with Crippen molar-refractivity contribution in [2.24, 2.45) is 5.92 Å². The Morgan fingerprint density at radius 3 is 2.15 bits per heavy atom. The average molecular weight is 561 g/mol. The summed E-state index contributed by atoms with van der Waals surface area (Å²) in [6.45, 7) is 2.63. The van der Waals surface area contributed by atoms with Crippen LogP contribution >= 0.6 is 11.8 Å². The Morgan fingerprint density at radius 2 is 1.54 bits per heavy atom. The number of nitrogens with one attached hydrogen (secondary N) is 1. The Balaban J connectivity index is 1.28. The zero-order valence-electron chi connectivity index (χ0n) is 23.3. The topological polar surface area (TPSA) is 41.6 Å². The third-order valence-corrected chi connectivity index (χ3v) is 10.1. The largest absolute Gasteiger partial charge is 0.492 e. The Morgan fingerprint density at radius 1 is 0.902 bits per heavy atom. The second-order valence-corrected chi connectivity index (χ2v) is 12.6. The summed E-state index contributed by atoms with van der Waals surface area (Å²) in [5, 5.41) is 3.71. The third-order valence-electron chi connectivity index (χ3n) is 9.10. The van der Waals surface area contributed by atoms with Crippen LogP contribution in [0.25, 0.3) is 0 Å². The van der Waals surface area contributed by atoms with Gasteiger partial charge in [0.1, 0.15) is 11.4 Å². The minimum absolute atomic E-state index is 0.0153. The van der Waals surface area contributed by atoms with E-state index in [0.717, 1.165) is 47.9 Å². The molecule has 3 fully saturated rings. The number of thioether (sulfide) groups is 1. The van der Waals surface area contributed by atoms with E-state index in [0.29, 0.717) is 18.1 Å². The lowest BCUT2D eigenvalue weighted by atomic mass is 9.69. The molecule has 4 aliphatic rings. The first kappa shape index (κ1) is 26.4. The van der Waals surface area contributed by atoms with Gasteiger partial charge in [0.25, 0.3) is 5.91 Å². The molecule has 2 bridgehead atoms. The Labute approximate surface area is 247 Å². The van der Waals surface area contributed by atoms with E-state index in [9.17, 15) is 4.79 Å². The molecule has 4 nitrogen and oxygen atoms in total. The van der Waals surface area contributed by atoms with Gasteiger partial charge in [-0.15, -0.1) is 11.8 Å². The van der Waals surface area contributed by atoms with Crippen molar-refractivity contribution in [1.29, 1.82) is 0 Å². The first-order chi connectivity index (χ1) is 20.2. The quantitative estimate of drug-likeness (QED) is 0.230. The number of amides is 1. The molecule has 8 rings (SSSR count). The Hall–Kier alpha value is -3.54. The molecule has 208 valence electrons. The zero-order chi connectivity index (χ0) is 27.6. The van der Waals surface area contributed by atoms with Gasteiger partial charge in [-0.1, -0.05) is 91.0 Å². The highest BCUT2D eigenvalue weighted by Gasteiger charge is 2.52. The van der Waals surface area contributed by atoms with E-state index in [1.54, 1.807) is 11.8 Å². The molecule has 0 spiro atoms. The summed E-state index contributed by atoms with van der Waals surface area (Å²) in [6, 6.07) is 36.3. The number of rotatable bonds is 8. The van der Waals surface area contributed by atoms with Crippen LogP contribution in [0.3, 0.4) is 0 Å². The molecular weight excluding hydrogens is 524 g/mol. The van der Waals surface area contributed by atoms with Gasteiger partial charge in [-0.3, -0.25) is 9.69 Å². The molecule has 3 saturated heterocycles. The molecule has 1 unspecified atom stereocenters. The van der Waals surface area contributed by atoms with E-state index >= 15 is 0 Å². The summed E-state index contributed by atoms with van der Waals surface area (Å²) >= 11 is 1.78. The predicted octanol–water partition coefficient (Wildman–Crippen LogP) is 7.29. The van der Waals surface area contributed by atoms with Gasteiger partial charge in [0.2, 0.25) is 0 Å². The molecule has 4 heterocycles. The predicted molar refractivity (Wildman–Crippen MR) is 165 cm³/mol. The highest BCUT2D eigenvalue weighted by molar-refractivity contribution is 7.98. The Bertz CT molecular complexity index is 1460. The van der Waals surface area contributed by atoms with Crippen molar-refractivity contribution >= 4 is 17.7 Å². The van der Waals surface area contributed by atoms with Crippen molar-refractivity contribution in [3.05, 3.63) is 131 Å². The van der Waals surface area contributed by atoms with E-state index in [4.69, 9.17) is 4.74 Å². The maximum atomic E-state index is 14.5. The number of piperidine rings is 3. The summed E-state index contributed by atoms with van der Waals surface area (Å²) in [4.78, 5) is 18.2. The van der Waals surface area contributed by atoms with Crippen LogP contribution in [0.1, 0.15) is 57.8 Å². The van der Waals surface area contributed by atoms with E-state index in [2.05, 4.69) is 107 Å². The molecule has 5 heteroatoms. The van der Waals surface area contributed by atoms with Crippen molar-refractivity contribution in [2.75, 3.05) is 19.7 Å². The van der Waals surface area contributed by atoms with Gasteiger partial charge in [0.15, 0.2) is 0 Å². The fourth-order valence-electron chi connectivity index (χ4n) is 7.18. The minimum atomic E-state index is -0.514. The number of hydrogen-bond donors (Lipinski definition) is 1. The smallest absolute Gasteiger partial charge is 0.256 e. The van der Waals surface area contributed by atoms with Crippen molar-refractivity contribution in [3.8, 4) is 5.75 Å². The van der Waals surface area contributed by atoms with Gasteiger partial charge in [0.05, 0.1) is 12.2 Å². The molecule has 1 amide bonds. The standard InChI is InChI=1S/C36H36N2O2S/c39-35(32-23-31(22-30-18-21-40-34(30)32)41-25-27-10-4-1-5-11-27)37-36(24-26-16-19-38(36)20-17-26)33(28-12-6-2-7-13-28)29-14-8-3-9-15-29/h1-15,22-23,26,33H,16-21,24-25H2,(H,37,39). The molecule has 1 atom stereocenters. The summed E-state index contributed by atoms with van der Waals surface area (Å²) in [5.41, 5.74) is 5.03. The molecular formula is C36H36N2O2S. The SMILES string of the molecule is O=C(NC1(C(c2ccccc2)c2ccccc2)CC2CCN1CC2)c1cc(SCc2ccccc2)cc2c1OCC2. The second kappa shape index (κ2) is 11.4. The van der Waals surface area contributed by atoms with Gasteiger partial charge >= 0.3 is 0 Å². The highest BCUT2D eigenvalue weighted by Crippen LogP contribution is 2.48. The van der Waals surface area contributed by atoms with Crippen LogP contribution in [0, 0.1) is 5.92 Å². The van der Waals surface area contributed by atoms with Gasteiger partial charge in [0, 0.05) is 36.1 Å². The van der Waals surface area contributed by atoms with Crippen LogP contribution in [0.4, 0.5) is 0 Å². The van der Waals surface area contributed by atoms with Crippen molar-refractivity contribution in [2.45, 2.75) is 47.9 Å². The number of nitrogens with zero attached hydrogens (tertiary/aromatic N) is 1. The fraction of sp³-hybridized carbons (Fsp3) is 0.306. The molecule has 1 N–H and O–H groups in total. The number of ether oxygens (including phenoxy) is 1. The first-order valence-corrected chi connectivity index (χ1v) is 15.8. The van der Waals surface area contributed by atoms with Crippen molar-refractivity contribution in [3.63, 3.8) is 0 Å². The van der Waals surface area contributed by atoms with Crippen LogP contribution in [0.2, 0.25) is 0 Å². The van der Waals surface area contributed by atoms with E-state index in [-0.39, 0.29) is 11.8 Å². The number of fused-ring (bicyclic) bond motifs is 4. The van der Waals surface area contributed by atoms with Crippen molar-refractivity contribution in [1.82, 2.24) is 10.2 Å². The number of benzene rings is 4. The molecule has 4 aromatic rings. The lowest BCUT2D eigenvalue weighted by Gasteiger charge is -2.58. The number of hydrogen-bond acceptors (Lipinski definition) is 4. The fourth-order valence-corrected chi connectivity index (χ4v) is 8.13. The third kappa shape index (κ3) is 5.18. The molecule has 4 aliphatic heterocycles. The molecule has 0 aliphatic carbocycles. The highest BCUT2D eigenvalue weighted by atomic mass is 32.2. The van der Waals surface area contributed by atoms with Crippen molar-refractivity contribution < 1.29 is 9.53 Å². The summed E-state index contributed by atoms with van der Waals surface area (Å²) in [7, 11) is 0. The lowest BCUT2D eigenvalue weighted by molar-refractivity contribution is -0.0562. The molecule has 0 aromatic heterocycles. The number of carbonyl (C=O) groups is 1. The first-order valence-electron chi connectivity index (χ1n) is 14.8. The average Bonchev–Trinajstić information content (AvgIpc) is 3.51. The van der Waals surface area contributed by atoms with E-state index < -0.39 is 5.66 Å². The van der Waals surface area contributed by atoms with Crippen LogP contribution in [-0.4, -0.2) is 36.2 Å². The van der Waals surface area contributed by atoms with Gasteiger partial charge < -0.3 is 10.1 Å². The van der Waals surface area contributed by atoms with Crippen LogP contribution in [-0.2, 0) is 12.2 Å². The van der Waals surface area contributed by atoms with E-state index in [1.807, 2.05) is 6.07 Å². The van der Waals surface area contributed by atoms with Crippen LogP contribution < -0.4 is 10.1 Å². The molecule has 41 heavy (non-hydrogen) atoms. The summed E-state index contributed by atoms with van der Waals surface area (Å²) < 4.78 is 6.10. The molecule has 0 radical (unpaired) electrons. The van der Waals surface area contributed by atoms with Gasteiger partial charge in [-0.25, -0.2) is 0 Å². The maximum absolute atomic E-state index is 14.5. The minimum Gasteiger partial charge on any atom is -0.492 e. The maximum Gasteiger partial charge on any atom is 0.256 e. The zero-order valence-corrected chi connectivity index (χ0v) is 24.1. The van der Waals surface area contributed by atoms with Crippen LogP contribution in [0.5, 0.6) is 5.75 Å². The molecule has 4 aromatic carbocycles. The van der Waals surface area contributed by atoms with Gasteiger partial charge in [-0.2, -0.15) is 0 Å². The van der Waals surface area contributed by atoms with E-state index in [1.165, 1.54) is 29.5 Å². The second-order valence-electron chi connectivity index (χ2n) is 11.6. The number of carbonyl (C=O) groups excluding carboxylic acids is 1. The normalized spacial score (nSPS) is 22.8. The Kier molecular flexibility index (Phi) is 7.32. The van der Waals surface area contributed by atoms with Gasteiger partial charge in [-0.05, 0) is 59.6 Å². The molecule has 0 saturated carbocycles.